The fraction of sp³-hybridized carbons (Fsp3) is 0.800. The minimum absolute atomic E-state index is 0.854. The van der Waals surface area contributed by atoms with Crippen LogP contribution in [-0.4, -0.2) is 26.5 Å². The fourth-order valence-electron chi connectivity index (χ4n) is 0.258. The van der Waals surface area contributed by atoms with Gasteiger partial charge in [-0.3, -0.25) is 0 Å². The van der Waals surface area contributed by atoms with Crippen LogP contribution in [0, 0.1) is 5.92 Å². The fourth-order valence-corrected chi connectivity index (χ4v) is 0.258. The highest BCUT2D eigenvalue weighted by atomic mass is 14.7. The molecule has 0 aliphatic heterocycles. The molecule has 0 bridgehead atoms. The predicted octanol–water partition coefficient (Wildman–Crippen LogP) is 2.83. The summed E-state index contributed by atoms with van der Waals surface area (Å²) in [7, 11) is 3.51. The normalized spacial score (nSPS) is 10.8. The summed E-state index contributed by atoms with van der Waals surface area (Å²) >= 11 is 0. The molecule has 0 rings (SSSR count). The van der Waals surface area contributed by atoms with E-state index in [1.54, 1.807) is 14.1 Å². The van der Waals surface area contributed by atoms with Crippen molar-refractivity contribution in [1.29, 1.82) is 0 Å². The molecule has 0 saturated heterocycles. The third kappa shape index (κ3) is 22.8. The molecule has 0 aromatic rings. The molecule has 0 fully saturated rings. The summed E-state index contributed by atoms with van der Waals surface area (Å²) < 4.78 is 0. The molecule has 2 heteroatoms. The van der Waals surface area contributed by atoms with Gasteiger partial charge in [0.05, 0.1) is 0 Å². The number of hydrogen-bond donors (Lipinski definition) is 0. The van der Waals surface area contributed by atoms with Crippen LogP contribution in [0.4, 0.5) is 0 Å². The Kier molecular flexibility index (Phi) is 15.0. The van der Waals surface area contributed by atoms with Gasteiger partial charge < -0.3 is 9.98 Å². The largest absolute Gasteiger partial charge is 0.300 e. The lowest BCUT2D eigenvalue weighted by molar-refractivity contribution is 0.626. The van der Waals surface area contributed by atoms with Crippen LogP contribution in [-0.2, 0) is 0 Å². The van der Waals surface area contributed by atoms with Crippen LogP contribution in [0.15, 0.2) is 9.98 Å². The van der Waals surface area contributed by atoms with Gasteiger partial charge in [0.15, 0.2) is 0 Å². The summed E-state index contributed by atoms with van der Waals surface area (Å²) in [6.45, 7) is 6.64. The van der Waals surface area contributed by atoms with Gasteiger partial charge in [-0.2, -0.15) is 0 Å². The Morgan fingerprint density at radius 1 is 1.08 bits per heavy atom. The number of hydrogen-bond acceptors (Lipinski definition) is 2. The molecule has 0 unspecified atom stereocenters. The average Bonchev–Trinajstić information content (AvgIpc) is 2.07. The summed E-state index contributed by atoms with van der Waals surface area (Å²) in [5, 5.41) is 0. The van der Waals surface area contributed by atoms with Crippen LogP contribution in [0.2, 0.25) is 0 Å². The minimum atomic E-state index is 0.854. The van der Waals surface area contributed by atoms with Crippen molar-refractivity contribution in [3.8, 4) is 0 Å². The van der Waals surface area contributed by atoms with Crippen molar-refractivity contribution in [2.75, 3.05) is 14.1 Å². The summed E-state index contributed by atoms with van der Waals surface area (Å²) in [4.78, 5) is 7.51. The Hall–Kier alpha value is -0.660. The van der Waals surface area contributed by atoms with E-state index in [1.165, 1.54) is 6.42 Å². The zero-order chi connectivity index (χ0) is 9.82. The zero-order valence-corrected chi connectivity index (χ0v) is 9.04. The summed E-state index contributed by atoms with van der Waals surface area (Å²) in [5.74, 6) is 0.884. The lowest BCUT2D eigenvalue weighted by Crippen LogP contribution is -1.77. The molecule has 0 aromatic heterocycles. The first-order valence-corrected chi connectivity index (χ1v) is 4.50. The zero-order valence-electron chi connectivity index (χ0n) is 9.04. The van der Waals surface area contributed by atoms with E-state index < -0.39 is 0 Å². The van der Waals surface area contributed by atoms with Gasteiger partial charge in [-0.15, -0.1) is 0 Å². The van der Waals surface area contributed by atoms with E-state index in [2.05, 4.69) is 30.8 Å². The van der Waals surface area contributed by atoms with Crippen LogP contribution in [0.3, 0.4) is 0 Å². The van der Waals surface area contributed by atoms with Crippen molar-refractivity contribution in [2.24, 2.45) is 15.9 Å². The Morgan fingerprint density at radius 3 is 1.58 bits per heavy atom. The second-order valence-corrected chi connectivity index (χ2v) is 2.92. The van der Waals surface area contributed by atoms with Crippen molar-refractivity contribution in [1.82, 2.24) is 0 Å². The second kappa shape index (κ2) is 13.0. The van der Waals surface area contributed by atoms with Gasteiger partial charge in [0, 0.05) is 32.9 Å². The highest BCUT2D eigenvalue weighted by Crippen LogP contribution is 1.93. The second-order valence-electron chi connectivity index (χ2n) is 2.92. The summed E-state index contributed by atoms with van der Waals surface area (Å²) in [6, 6.07) is 0. The van der Waals surface area contributed by atoms with E-state index in [0.29, 0.717) is 0 Å². The van der Waals surface area contributed by atoms with E-state index in [0.717, 1.165) is 12.3 Å². The Morgan fingerprint density at radius 2 is 1.42 bits per heavy atom. The highest BCUT2D eigenvalue weighted by molar-refractivity contribution is 5.78. The Bertz CT molecular complexity index is 105. The molecule has 72 valence electrons. The summed E-state index contributed by atoms with van der Waals surface area (Å²) in [5.41, 5.74) is 0. The number of rotatable bonds is 3. The minimum Gasteiger partial charge on any atom is -0.300 e. The SMILES string of the molecule is CCC(C)C.CN=CCC=NC. The monoisotopic (exact) mass is 170 g/mol. The van der Waals surface area contributed by atoms with Crippen molar-refractivity contribution < 1.29 is 0 Å². The van der Waals surface area contributed by atoms with Crippen molar-refractivity contribution in [2.45, 2.75) is 33.6 Å². The molecule has 0 heterocycles. The predicted molar refractivity (Wildman–Crippen MR) is 58.6 cm³/mol. The van der Waals surface area contributed by atoms with E-state index in [-0.39, 0.29) is 0 Å². The first-order valence-electron chi connectivity index (χ1n) is 4.50. The van der Waals surface area contributed by atoms with Crippen LogP contribution >= 0.6 is 0 Å². The van der Waals surface area contributed by atoms with Gasteiger partial charge in [-0.25, -0.2) is 0 Å². The molecule has 0 aliphatic rings. The lowest BCUT2D eigenvalue weighted by atomic mass is 10.2. The van der Waals surface area contributed by atoms with E-state index >= 15 is 0 Å². The van der Waals surface area contributed by atoms with Gasteiger partial charge in [-0.1, -0.05) is 27.2 Å². The van der Waals surface area contributed by atoms with Gasteiger partial charge >= 0.3 is 0 Å². The lowest BCUT2D eigenvalue weighted by Gasteiger charge is -1.90. The molecule has 0 spiro atoms. The molecule has 0 atom stereocenters. The molecule has 0 amide bonds. The smallest absolute Gasteiger partial charge is 0.0273 e. The molecule has 0 aliphatic carbocycles. The maximum Gasteiger partial charge on any atom is 0.0273 e. The van der Waals surface area contributed by atoms with Crippen LogP contribution in [0.5, 0.6) is 0 Å². The third-order valence-electron chi connectivity index (χ3n) is 1.39. The standard InChI is InChI=1S/C5H10N2.C5H12/c1-6-4-3-5-7-2;1-4-5(2)3/h4-5H,3H2,1-2H3;5H,4H2,1-3H3. The van der Waals surface area contributed by atoms with Crippen molar-refractivity contribution in [3.05, 3.63) is 0 Å². The van der Waals surface area contributed by atoms with Gasteiger partial charge in [-0.05, 0) is 5.92 Å². The Labute approximate surface area is 76.8 Å². The molecule has 2 nitrogen and oxygen atoms in total. The van der Waals surface area contributed by atoms with E-state index in [1.807, 2.05) is 12.4 Å². The molecular formula is C10H22N2. The Balaban J connectivity index is 0. The maximum absolute atomic E-state index is 3.76. The van der Waals surface area contributed by atoms with Gasteiger partial charge in [0.1, 0.15) is 0 Å². The van der Waals surface area contributed by atoms with Crippen LogP contribution < -0.4 is 0 Å². The quantitative estimate of drug-likeness (QED) is 0.582. The number of nitrogens with zero attached hydrogens (tertiary/aromatic N) is 2. The van der Waals surface area contributed by atoms with Crippen molar-refractivity contribution >= 4 is 12.4 Å². The van der Waals surface area contributed by atoms with Gasteiger partial charge in [0.25, 0.3) is 0 Å². The van der Waals surface area contributed by atoms with Crippen molar-refractivity contribution in [3.63, 3.8) is 0 Å². The topological polar surface area (TPSA) is 24.7 Å². The molecule has 12 heavy (non-hydrogen) atoms. The third-order valence-corrected chi connectivity index (χ3v) is 1.39. The van der Waals surface area contributed by atoms with Crippen LogP contribution in [0.1, 0.15) is 33.6 Å². The van der Waals surface area contributed by atoms with Crippen LogP contribution in [0.25, 0.3) is 0 Å². The van der Waals surface area contributed by atoms with Gasteiger partial charge in [0.2, 0.25) is 0 Å². The van der Waals surface area contributed by atoms with E-state index in [9.17, 15) is 0 Å². The molecule has 0 aromatic carbocycles. The van der Waals surface area contributed by atoms with E-state index in [4.69, 9.17) is 0 Å². The average molecular weight is 170 g/mol. The maximum atomic E-state index is 3.76. The highest BCUT2D eigenvalue weighted by Gasteiger charge is 1.80. The molecule has 0 saturated carbocycles. The molecule has 0 N–H and O–H groups in total. The number of aliphatic imine (C=N–C) groups is 2. The first-order chi connectivity index (χ1) is 5.68. The molecular weight excluding hydrogens is 148 g/mol. The summed E-state index contributed by atoms with van der Waals surface area (Å²) in [6.07, 6.45) is 5.78. The first kappa shape index (κ1) is 13.9. The molecule has 0 radical (unpaired) electrons.